The van der Waals surface area contributed by atoms with E-state index in [1.165, 1.54) is 38.1 Å². The molecule has 2 aromatic rings. The molecule has 0 aliphatic heterocycles. The number of pyridine rings is 1. The summed E-state index contributed by atoms with van der Waals surface area (Å²) in [6.45, 7) is 0. The average Bonchev–Trinajstić information content (AvgIpc) is 2.60. The molecule has 1 heterocycles. The van der Waals surface area contributed by atoms with Crippen LogP contribution < -0.4 is 5.32 Å². The van der Waals surface area contributed by atoms with Crippen LogP contribution in [0, 0.1) is 11.3 Å². The van der Waals surface area contributed by atoms with Crippen molar-refractivity contribution in [2.45, 2.75) is 9.92 Å². The van der Waals surface area contributed by atoms with Crippen LogP contribution in [0.1, 0.15) is 5.56 Å². The number of rotatable bonds is 6. The molecule has 130 valence electrons. The van der Waals surface area contributed by atoms with Gasteiger partial charge in [0.05, 0.1) is 22.0 Å². The van der Waals surface area contributed by atoms with Gasteiger partial charge in [-0.05, 0) is 24.3 Å². The monoisotopic (exact) mass is 376 g/mol. The summed E-state index contributed by atoms with van der Waals surface area (Å²) in [5.74, 6) is -0.188. The Bertz CT molecular complexity index is 904. The van der Waals surface area contributed by atoms with Gasteiger partial charge in [-0.3, -0.25) is 4.79 Å². The van der Waals surface area contributed by atoms with Crippen molar-refractivity contribution in [3.63, 3.8) is 0 Å². The maximum absolute atomic E-state index is 12.0. The minimum absolute atomic E-state index is 0.0898. The highest BCUT2D eigenvalue weighted by molar-refractivity contribution is 7.99. The summed E-state index contributed by atoms with van der Waals surface area (Å²) >= 11 is 1.17. The van der Waals surface area contributed by atoms with Crippen molar-refractivity contribution in [1.29, 1.82) is 5.26 Å². The van der Waals surface area contributed by atoms with Crippen LogP contribution in [0.2, 0.25) is 0 Å². The number of benzene rings is 1. The number of aromatic nitrogens is 1. The molecule has 0 aliphatic carbocycles. The number of nitrogens with one attached hydrogen (secondary N) is 1. The summed E-state index contributed by atoms with van der Waals surface area (Å²) in [4.78, 5) is 16.2. The van der Waals surface area contributed by atoms with Gasteiger partial charge in [-0.15, -0.1) is 0 Å². The zero-order valence-corrected chi connectivity index (χ0v) is 15.3. The number of nitrogens with zero attached hydrogens (tertiary/aromatic N) is 3. The van der Waals surface area contributed by atoms with Gasteiger partial charge in [-0.1, -0.05) is 23.9 Å². The van der Waals surface area contributed by atoms with Gasteiger partial charge in [-0.25, -0.2) is 17.7 Å². The molecule has 25 heavy (non-hydrogen) atoms. The van der Waals surface area contributed by atoms with Gasteiger partial charge in [0.25, 0.3) is 0 Å². The van der Waals surface area contributed by atoms with Crippen LogP contribution in [0.25, 0.3) is 0 Å². The number of anilines is 1. The average molecular weight is 376 g/mol. The van der Waals surface area contributed by atoms with E-state index in [1.54, 1.807) is 30.3 Å². The Labute approximate surface area is 150 Å². The molecule has 0 atom stereocenters. The SMILES string of the molecule is CN(C)S(=O)(=O)c1ccc(SCC(=O)Nc2ccccc2C#N)nc1. The molecule has 9 heteroatoms. The first-order chi connectivity index (χ1) is 11.8. The summed E-state index contributed by atoms with van der Waals surface area (Å²) in [5.41, 5.74) is 0.841. The van der Waals surface area contributed by atoms with Crippen LogP contribution in [-0.2, 0) is 14.8 Å². The fourth-order valence-electron chi connectivity index (χ4n) is 1.83. The Kier molecular flexibility index (Phi) is 6.14. The van der Waals surface area contributed by atoms with E-state index in [0.29, 0.717) is 16.3 Å². The van der Waals surface area contributed by atoms with Gasteiger partial charge < -0.3 is 5.32 Å². The van der Waals surface area contributed by atoms with Crippen molar-refractivity contribution in [1.82, 2.24) is 9.29 Å². The fraction of sp³-hybridized carbons (Fsp3) is 0.188. The van der Waals surface area contributed by atoms with Gasteiger partial charge in [0, 0.05) is 20.3 Å². The third-order valence-corrected chi connectivity index (χ3v) is 5.90. The Balaban J connectivity index is 1.98. The summed E-state index contributed by atoms with van der Waals surface area (Å²) < 4.78 is 25.0. The quantitative estimate of drug-likeness (QED) is 0.773. The highest BCUT2D eigenvalue weighted by Crippen LogP contribution is 2.20. The maximum Gasteiger partial charge on any atom is 0.244 e. The standard InChI is InChI=1S/C16H16N4O3S2/c1-20(2)25(22,23)13-7-8-16(18-10-13)24-11-15(21)19-14-6-4-3-5-12(14)9-17/h3-8,10H,11H2,1-2H3,(H,19,21). The largest absolute Gasteiger partial charge is 0.324 e. The van der Waals surface area contributed by atoms with E-state index in [-0.39, 0.29) is 16.6 Å². The van der Waals surface area contributed by atoms with Gasteiger partial charge >= 0.3 is 0 Å². The summed E-state index contributed by atoms with van der Waals surface area (Å²) in [5, 5.41) is 12.2. The molecule has 1 aromatic heterocycles. The lowest BCUT2D eigenvalue weighted by Gasteiger charge is -2.11. The van der Waals surface area contributed by atoms with Crippen molar-refractivity contribution < 1.29 is 13.2 Å². The highest BCUT2D eigenvalue weighted by Gasteiger charge is 2.17. The van der Waals surface area contributed by atoms with E-state index in [9.17, 15) is 13.2 Å². The first-order valence-corrected chi connectivity index (χ1v) is 9.57. The summed E-state index contributed by atoms with van der Waals surface area (Å²) in [7, 11) is -0.630. The molecule has 7 nitrogen and oxygen atoms in total. The van der Waals surface area contributed by atoms with Crippen LogP contribution >= 0.6 is 11.8 Å². The number of thioether (sulfide) groups is 1. The molecule has 0 saturated heterocycles. The zero-order chi connectivity index (χ0) is 18.4. The predicted octanol–water partition coefficient (Wildman–Crippen LogP) is 1.93. The van der Waals surface area contributed by atoms with Crippen LogP contribution in [0.4, 0.5) is 5.69 Å². The number of para-hydroxylation sites is 1. The maximum atomic E-state index is 12.0. The Hall–Kier alpha value is -2.41. The Morgan fingerprint density at radius 3 is 2.60 bits per heavy atom. The second kappa shape index (κ2) is 8.11. The molecular formula is C16H16N4O3S2. The van der Waals surface area contributed by atoms with Crippen molar-refractivity contribution in [3.05, 3.63) is 48.2 Å². The molecule has 2 rings (SSSR count). The molecule has 1 N–H and O–H groups in total. The number of hydrogen-bond acceptors (Lipinski definition) is 6. The highest BCUT2D eigenvalue weighted by atomic mass is 32.2. The van der Waals surface area contributed by atoms with Crippen molar-refractivity contribution >= 4 is 33.4 Å². The van der Waals surface area contributed by atoms with Gasteiger partial charge in [0.15, 0.2) is 0 Å². The third kappa shape index (κ3) is 4.79. The minimum atomic E-state index is -3.52. The van der Waals surface area contributed by atoms with Crippen LogP contribution in [0.3, 0.4) is 0 Å². The van der Waals surface area contributed by atoms with Gasteiger partial charge in [0.2, 0.25) is 15.9 Å². The lowest BCUT2D eigenvalue weighted by atomic mass is 10.2. The lowest BCUT2D eigenvalue weighted by Crippen LogP contribution is -2.22. The number of carbonyl (C=O) groups is 1. The van der Waals surface area contributed by atoms with Crippen molar-refractivity contribution in [2.24, 2.45) is 0 Å². The predicted molar refractivity (Wildman–Crippen MR) is 95.6 cm³/mol. The number of amides is 1. The van der Waals surface area contributed by atoms with E-state index in [4.69, 9.17) is 5.26 Å². The molecule has 0 unspecified atom stereocenters. The third-order valence-electron chi connectivity index (χ3n) is 3.16. The molecule has 0 fully saturated rings. The molecule has 0 aliphatic rings. The molecular weight excluding hydrogens is 360 g/mol. The zero-order valence-electron chi connectivity index (χ0n) is 13.6. The molecule has 0 radical (unpaired) electrons. The van der Waals surface area contributed by atoms with Crippen molar-refractivity contribution in [2.75, 3.05) is 25.2 Å². The smallest absolute Gasteiger partial charge is 0.244 e. The number of hydrogen-bond donors (Lipinski definition) is 1. The normalized spacial score (nSPS) is 11.1. The Morgan fingerprint density at radius 2 is 2.00 bits per heavy atom. The summed E-state index contributed by atoms with van der Waals surface area (Å²) in [6, 6.07) is 11.7. The number of sulfonamides is 1. The van der Waals surface area contributed by atoms with Crippen LogP contribution in [0.5, 0.6) is 0 Å². The van der Waals surface area contributed by atoms with E-state index in [0.717, 1.165) is 4.31 Å². The van der Waals surface area contributed by atoms with Gasteiger partial charge in [0.1, 0.15) is 11.0 Å². The second-order valence-corrected chi connectivity index (χ2v) is 8.26. The number of carbonyl (C=O) groups excluding carboxylic acids is 1. The molecule has 0 bridgehead atoms. The molecule has 0 saturated carbocycles. The molecule has 0 spiro atoms. The van der Waals surface area contributed by atoms with E-state index >= 15 is 0 Å². The van der Waals surface area contributed by atoms with Crippen LogP contribution in [-0.4, -0.2) is 43.5 Å². The van der Waals surface area contributed by atoms with E-state index in [2.05, 4.69) is 10.3 Å². The summed E-state index contributed by atoms with van der Waals surface area (Å²) in [6.07, 6.45) is 1.26. The molecule has 1 amide bonds. The first-order valence-electron chi connectivity index (χ1n) is 7.15. The second-order valence-electron chi connectivity index (χ2n) is 5.11. The Morgan fingerprint density at radius 1 is 1.28 bits per heavy atom. The van der Waals surface area contributed by atoms with E-state index in [1.807, 2.05) is 6.07 Å². The minimum Gasteiger partial charge on any atom is -0.324 e. The first kappa shape index (κ1) is 18.9. The lowest BCUT2D eigenvalue weighted by molar-refractivity contribution is -0.113. The molecule has 1 aromatic carbocycles. The van der Waals surface area contributed by atoms with E-state index < -0.39 is 10.0 Å². The number of nitriles is 1. The van der Waals surface area contributed by atoms with Gasteiger partial charge in [-0.2, -0.15) is 5.26 Å². The fourth-order valence-corrected chi connectivity index (χ4v) is 3.32. The van der Waals surface area contributed by atoms with Crippen molar-refractivity contribution in [3.8, 4) is 6.07 Å². The van der Waals surface area contributed by atoms with Crippen LogP contribution in [0.15, 0.2) is 52.5 Å². The topological polar surface area (TPSA) is 103 Å².